The summed E-state index contributed by atoms with van der Waals surface area (Å²) in [6.07, 6.45) is 3.31. The van der Waals surface area contributed by atoms with E-state index in [1.807, 2.05) is 96.9 Å². The van der Waals surface area contributed by atoms with Crippen LogP contribution in [0, 0.1) is 104 Å². The number of carbonyl (C=O) groups is 12. The fourth-order valence-corrected chi connectivity index (χ4v) is 17.6. The van der Waals surface area contributed by atoms with Gasteiger partial charge in [-0.2, -0.15) is 0 Å². The monoisotopic (exact) mass is 1390 g/mol. The smallest absolute Gasteiger partial charge is 0.316 e. The highest BCUT2D eigenvalue weighted by Gasteiger charge is 2.75. The van der Waals surface area contributed by atoms with Gasteiger partial charge in [0.05, 0.1) is 65.2 Å². The van der Waals surface area contributed by atoms with Crippen molar-refractivity contribution in [2.45, 2.75) is 267 Å². The average molecular weight is 1400 g/mol. The lowest BCUT2D eigenvalue weighted by molar-refractivity contribution is -0.173. The Labute approximate surface area is 577 Å². The molecule has 15 rings (SSSR count). The first-order valence-corrected chi connectivity index (χ1v) is 35.9. The summed E-state index contributed by atoms with van der Waals surface area (Å²) in [4.78, 5) is 145. The van der Waals surface area contributed by atoms with Crippen molar-refractivity contribution in [1.29, 1.82) is 0 Å². The van der Waals surface area contributed by atoms with Crippen molar-refractivity contribution in [2.75, 3.05) is 14.2 Å². The maximum atomic E-state index is 12.4. The van der Waals surface area contributed by atoms with Gasteiger partial charge in [-0.15, -0.1) is 0 Å². The molecule has 9 saturated heterocycles. The Bertz CT molecular complexity index is 3170. The van der Waals surface area contributed by atoms with Gasteiger partial charge in [-0.3, -0.25) is 57.5 Å². The summed E-state index contributed by atoms with van der Waals surface area (Å²) >= 11 is 0. The van der Waals surface area contributed by atoms with Gasteiger partial charge in [-0.25, -0.2) is 0 Å². The second kappa shape index (κ2) is 26.4. The number of methoxy groups -OCH3 is 2. The summed E-state index contributed by atoms with van der Waals surface area (Å²) in [5.74, 6) is -5.45. The van der Waals surface area contributed by atoms with E-state index < -0.39 is 123 Å². The maximum absolute atomic E-state index is 12.4. The van der Waals surface area contributed by atoms with Crippen LogP contribution in [0.2, 0.25) is 0 Å². The molecule has 99 heavy (non-hydrogen) atoms. The van der Waals surface area contributed by atoms with E-state index in [1.165, 1.54) is 14.2 Å². The van der Waals surface area contributed by atoms with E-state index in [9.17, 15) is 57.5 Å². The molecule has 0 aromatic rings. The molecule has 26 nitrogen and oxygen atoms in total. The minimum absolute atomic E-state index is 0.0378. The van der Waals surface area contributed by atoms with Crippen molar-refractivity contribution < 1.29 is 124 Å². The summed E-state index contributed by atoms with van der Waals surface area (Å²) in [7, 11) is 2.57. The van der Waals surface area contributed by atoms with Crippen molar-refractivity contribution in [2.24, 2.45) is 104 Å². The average Bonchev–Trinajstić information content (AvgIpc) is 1.55. The first-order chi connectivity index (χ1) is 46.3. The van der Waals surface area contributed by atoms with Gasteiger partial charge in [-0.1, -0.05) is 34.6 Å². The number of fused-ring (bicyclic) bond motifs is 5. The van der Waals surface area contributed by atoms with Gasteiger partial charge >= 0.3 is 71.6 Å². The summed E-state index contributed by atoms with van der Waals surface area (Å²) in [6, 6.07) is 0. The van der Waals surface area contributed by atoms with Gasteiger partial charge in [0.15, 0.2) is 24.4 Å². The lowest BCUT2D eigenvalue weighted by Crippen LogP contribution is -2.49. The SMILES string of the molecule is CCC(C)(C)C(=O)OC1C2CC3C(=O)OC1C3O2.CCC(C)(C)C(=O)OC1C2CC3C1OC(=O)C3C2C(=O)OC.CCC(C)(C)C(=O)OC1C2CC3OC(=O)C1(C)C3C2.CCC(C)(C)C(=O)OC1C2CC3OC(=O)C1C3C2.CCC(C)(C)C(=O)OC1C2OC(=O)C3C2OC1C3C(=O)OC. The topological polar surface area (TPSA) is 334 Å². The van der Waals surface area contributed by atoms with Crippen LogP contribution < -0.4 is 0 Å². The molecule has 0 aromatic heterocycles. The quantitative estimate of drug-likeness (QED) is 0.104. The van der Waals surface area contributed by atoms with Crippen molar-refractivity contribution in [3.63, 3.8) is 0 Å². The lowest BCUT2D eigenvalue weighted by Gasteiger charge is -2.34. The Morgan fingerprint density at radius 2 is 0.859 bits per heavy atom. The third-order valence-electron chi connectivity index (χ3n) is 26.0. The Kier molecular flexibility index (Phi) is 19.7. The van der Waals surface area contributed by atoms with E-state index in [2.05, 4.69) is 0 Å². The van der Waals surface area contributed by atoms with Gasteiger partial charge in [0.1, 0.15) is 78.1 Å². The molecule has 0 radical (unpaired) electrons. The molecule has 0 spiro atoms. The molecule has 0 amide bonds. The Morgan fingerprint density at radius 3 is 1.41 bits per heavy atom. The minimum atomic E-state index is -0.774. The molecule has 27 atom stereocenters. The molecule has 10 bridgehead atoms. The second-order valence-corrected chi connectivity index (χ2v) is 33.4. The van der Waals surface area contributed by atoms with Gasteiger partial charge in [-0.05, 0) is 147 Å². The van der Waals surface area contributed by atoms with Crippen LogP contribution in [0.1, 0.15) is 181 Å². The number of carbonyl (C=O) groups excluding carboxylic acids is 12. The number of hydrogen-bond acceptors (Lipinski definition) is 26. The zero-order valence-electron chi connectivity index (χ0n) is 60.4. The second-order valence-electron chi connectivity index (χ2n) is 33.4. The minimum Gasteiger partial charge on any atom is -0.469 e. The van der Waals surface area contributed by atoms with Gasteiger partial charge in [0.25, 0.3) is 0 Å². The van der Waals surface area contributed by atoms with Crippen LogP contribution in [-0.4, -0.2) is 171 Å². The predicted molar refractivity (Wildman–Crippen MR) is 338 cm³/mol. The molecule has 15 fully saturated rings. The third kappa shape index (κ3) is 12.3. The van der Waals surface area contributed by atoms with E-state index in [4.69, 9.17) is 66.3 Å². The van der Waals surface area contributed by atoms with E-state index in [1.54, 1.807) is 13.8 Å². The first kappa shape index (κ1) is 73.8. The molecular weight excluding hydrogens is 1290 g/mol. The fourth-order valence-electron chi connectivity index (χ4n) is 17.6. The molecule has 9 aliphatic heterocycles. The molecule has 6 aliphatic carbocycles. The van der Waals surface area contributed by atoms with Crippen molar-refractivity contribution in [1.82, 2.24) is 0 Å². The largest absolute Gasteiger partial charge is 0.469 e. The predicted octanol–water partition coefficient (Wildman–Crippen LogP) is 7.03. The molecule has 0 N–H and O–H groups in total. The highest BCUT2D eigenvalue weighted by atomic mass is 16.7. The molecule has 6 saturated carbocycles. The van der Waals surface area contributed by atoms with Crippen LogP contribution in [0.25, 0.3) is 0 Å². The summed E-state index contributed by atoms with van der Waals surface area (Å²) in [5, 5.41) is 0. The Morgan fingerprint density at radius 1 is 0.394 bits per heavy atom. The fraction of sp³-hybridized carbons (Fsp3) is 0.836. The van der Waals surface area contributed by atoms with E-state index in [-0.39, 0.29) is 120 Å². The number of esters is 12. The molecule has 0 aromatic carbocycles. The van der Waals surface area contributed by atoms with Crippen LogP contribution >= 0.6 is 0 Å². The van der Waals surface area contributed by atoms with Gasteiger partial charge in [0.2, 0.25) is 0 Å². The lowest BCUT2D eigenvalue weighted by atomic mass is 9.73. The van der Waals surface area contributed by atoms with Crippen LogP contribution in [0.15, 0.2) is 0 Å². The van der Waals surface area contributed by atoms with Crippen LogP contribution in [-0.2, 0) is 124 Å². The highest BCUT2D eigenvalue weighted by Crippen LogP contribution is 2.64. The van der Waals surface area contributed by atoms with E-state index >= 15 is 0 Å². The van der Waals surface area contributed by atoms with E-state index in [0.717, 1.165) is 38.5 Å². The standard InChI is InChI=1S/C16H22O6.C15H20O7.C15H22O4.C14H20O4.C13H18O5/c1-5-16(2,3)15(19)22-12-7-6-8-10(9(7)13(17)20-4)14(18)21-11(8)12;1-5-15(2,3)14(18)22-11-8-6(12(16)19-4)7-9(20-8)10(11)21-13(7)17;1-5-14(2,3)12(16)19-11-8-6-9-10(7-8)18-13(17)15(9,11)4;1-4-14(2,3)13(16)18-11-7-5-8-9(6-7)17-12(15)10(8)11;1-4-13(2,3)12(15)18-9-7-5-6-8(16-7)10(9)17-11(6)14/h7-12H,5-6H2,1-4H3;6-11H,5H2,1-4H3;8-11H,5-7H2,1-4H3;7-11H,4-6H2,1-3H3;6-10H,4-5H2,1-3H3. The summed E-state index contributed by atoms with van der Waals surface area (Å²) < 4.78 is 75.9. The number of hydrogen-bond donors (Lipinski definition) is 0. The van der Waals surface area contributed by atoms with Gasteiger partial charge in [0, 0.05) is 35.5 Å². The zero-order chi connectivity index (χ0) is 72.6. The highest BCUT2D eigenvalue weighted by molar-refractivity contribution is 5.89. The summed E-state index contributed by atoms with van der Waals surface area (Å²) in [6.45, 7) is 30.1. The summed E-state index contributed by atoms with van der Waals surface area (Å²) in [5.41, 5.74) is -3.31. The van der Waals surface area contributed by atoms with Crippen LogP contribution in [0.3, 0.4) is 0 Å². The molecule has 26 heteroatoms. The normalized spacial score (nSPS) is 40.5. The van der Waals surface area contributed by atoms with Crippen molar-refractivity contribution in [3.05, 3.63) is 0 Å². The number of rotatable bonds is 17. The van der Waals surface area contributed by atoms with Crippen LogP contribution in [0.4, 0.5) is 0 Å². The zero-order valence-corrected chi connectivity index (χ0v) is 60.4. The van der Waals surface area contributed by atoms with Crippen molar-refractivity contribution in [3.8, 4) is 0 Å². The van der Waals surface area contributed by atoms with E-state index in [0.29, 0.717) is 49.9 Å². The molecular formula is C73H102O26. The van der Waals surface area contributed by atoms with Gasteiger partial charge < -0.3 is 66.3 Å². The number of ether oxygens (including phenoxy) is 14. The Hall–Kier alpha value is -6.44. The third-order valence-corrected chi connectivity index (χ3v) is 26.0. The maximum Gasteiger partial charge on any atom is 0.316 e. The van der Waals surface area contributed by atoms with Crippen LogP contribution in [0.5, 0.6) is 0 Å². The Balaban J connectivity index is 0.000000125. The molecule has 27 unspecified atom stereocenters. The molecule has 9 heterocycles. The van der Waals surface area contributed by atoms with Crippen molar-refractivity contribution >= 4 is 71.6 Å². The molecule has 550 valence electrons. The molecule has 15 aliphatic rings. The first-order valence-electron chi connectivity index (χ1n) is 35.9.